The first-order valence-corrected chi connectivity index (χ1v) is 9.05. The molecular formula is C21H22N4O2. The zero-order chi connectivity index (χ0) is 19.0. The standard InChI is InChI=1S/C21H22N4O2/c1-23-13-15(12-19(23)26)21-22-17-10-6-7-11-18(17)25(21)14-20(27)24(2)16-8-4-3-5-9-16/h3-11,15H,12-14H2,1-2H3. The molecule has 0 spiro atoms. The molecule has 1 aliphatic heterocycles. The van der Waals surface area contributed by atoms with Gasteiger partial charge in [0.25, 0.3) is 0 Å². The predicted molar refractivity (Wildman–Crippen MR) is 105 cm³/mol. The number of fused-ring (bicyclic) bond motifs is 1. The third-order valence-electron chi connectivity index (χ3n) is 5.20. The van der Waals surface area contributed by atoms with Crippen molar-refractivity contribution >= 4 is 28.5 Å². The van der Waals surface area contributed by atoms with Crippen molar-refractivity contribution in [2.24, 2.45) is 0 Å². The summed E-state index contributed by atoms with van der Waals surface area (Å²) >= 11 is 0. The number of para-hydroxylation sites is 3. The van der Waals surface area contributed by atoms with Crippen LogP contribution in [0, 0.1) is 0 Å². The Morgan fingerprint density at radius 3 is 2.56 bits per heavy atom. The van der Waals surface area contributed by atoms with Gasteiger partial charge in [0.2, 0.25) is 11.8 Å². The number of nitrogens with zero attached hydrogens (tertiary/aromatic N) is 4. The molecule has 4 rings (SSSR count). The van der Waals surface area contributed by atoms with Crippen molar-refractivity contribution in [3.05, 3.63) is 60.4 Å². The summed E-state index contributed by atoms with van der Waals surface area (Å²) in [5.74, 6) is 0.906. The molecule has 1 aliphatic rings. The lowest BCUT2D eigenvalue weighted by molar-refractivity contribution is -0.126. The van der Waals surface area contributed by atoms with Gasteiger partial charge in [0.1, 0.15) is 12.4 Å². The number of likely N-dealkylation sites (tertiary alicyclic amines) is 1. The second kappa shape index (κ2) is 6.87. The highest BCUT2D eigenvalue weighted by molar-refractivity contribution is 5.93. The van der Waals surface area contributed by atoms with Crippen LogP contribution in [0.5, 0.6) is 0 Å². The summed E-state index contributed by atoms with van der Waals surface area (Å²) in [5.41, 5.74) is 2.62. The van der Waals surface area contributed by atoms with Gasteiger partial charge in [0.15, 0.2) is 0 Å². The second-order valence-electron chi connectivity index (χ2n) is 7.01. The van der Waals surface area contributed by atoms with E-state index in [1.807, 2.05) is 66.2 Å². The molecule has 0 aliphatic carbocycles. The number of imidazole rings is 1. The van der Waals surface area contributed by atoms with E-state index in [2.05, 4.69) is 0 Å². The number of carbonyl (C=O) groups excluding carboxylic acids is 2. The molecule has 0 radical (unpaired) electrons. The molecule has 138 valence electrons. The van der Waals surface area contributed by atoms with E-state index in [-0.39, 0.29) is 24.3 Å². The molecule has 27 heavy (non-hydrogen) atoms. The van der Waals surface area contributed by atoms with Gasteiger partial charge in [0, 0.05) is 38.7 Å². The summed E-state index contributed by atoms with van der Waals surface area (Å²) in [6.07, 6.45) is 0.433. The predicted octanol–water partition coefficient (Wildman–Crippen LogP) is 2.65. The fraction of sp³-hybridized carbons (Fsp3) is 0.286. The minimum Gasteiger partial charge on any atom is -0.345 e. The van der Waals surface area contributed by atoms with Crippen molar-refractivity contribution in [1.29, 1.82) is 0 Å². The van der Waals surface area contributed by atoms with Crippen molar-refractivity contribution in [2.45, 2.75) is 18.9 Å². The summed E-state index contributed by atoms with van der Waals surface area (Å²) < 4.78 is 1.97. The van der Waals surface area contributed by atoms with Gasteiger partial charge in [-0.25, -0.2) is 4.98 Å². The van der Waals surface area contributed by atoms with E-state index >= 15 is 0 Å². The SMILES string of the molecule is CN1CC(c2nc3ccccc3n2CC(=O)N(C)c2ccccc2)CC1=O. The quantitative estimate of drug-likeness (QED) is 0.717. The van der Waals surface area contributed by atoms with Crippen LogP contribution in [-0.4, -0.2) is 46.9 Å². The third-order valence-corrected chi connectivity index (χ3v) is 5.20. The van der Waals surface area contributed by atoms with Crippen molar-refractivity contribution in [3.8, 4) is 0 Å². The minimum atomic E-state index is -0.0247. The lowest BCUT2D eigenvalue weighted by Crippen LogP contribution is -2.31. The van der Waals surface area contributed by atoms with Crippen LogP contribution in [0.25, 0.3) is 11.0 Å². The lowest BCUT2D eigenvalue weighted by atomic mass is 10.1. The maximum Gasteiger partial charge on any atom is 0.246 e. The van der Waals surface area contributed by atoms with E-state index in [9.17, 15) is 9.59 Å². The monoisotopic (exact) mass is 362 g/mol. The molecule has 0 N–H and O–H groups in total. The van der Waals surface area contributed by atoms with Gasteiger partial charge in [-0.3, -0.25) is 9.59 Å². The van der Waals surface area contributed by atoms with Crippen LogP contribution in [0.15, 0.2) is 54.6 Å². The Balaban J connectivity index is 1.69. The first kappa shape index (κ1) is 17.3. The van der Waals surface area contributed by atoms with Crippen LogP contribution in [-0.2, 0) is 16.1 Å². The van der Waals surface area contributed by atoms with Crippen molar-refractivity contribution < 1.29 is 9.59 Å². The highest BCUT2D eigenvalue weighted by atomic mass is 16.2. The number of carbonyl (C=O) groups is 2. The third kappa shape index (κ3) is 3.18. The number of rotatable bonds is 4. The average molecular weight is 362 g/mol. The number of hydrogen-bond acceptors (Lipinski definition) is 3. The molecule has 6 nitrogen and oxygen atoms in total. The van der Waals surface area contributed by atoms with Gasteiger partial charge in [0.05, 0.1) is 11.0 Å². The number of hydrogen-bond donors (Lipinski definition) is 0. The normalized spacial score (nSPS) is 16.9. The highest BCUT2D eigenvalue weighted by Gasteiger charge is 2.32. The number of likely N-dealkylation sites (N-methyl/N-ethyl adjacent to an activating group) is 2. The van der Waals surface area contributed by atoms with E-state index in [4.69, 9.17) is 4.98 Å². The van der Waals surface area contributed by atoms with Crippen LogP contribution in [0.3, 0.4) is 0 Å². The van der Waals surface area contributed by atoms with Crippen molar-refractivity contribution in [2.75, 3.05) is 25.5 Å². The largest absolute Gasteiger partial charge is 0.345 e. The lowest BCUT2D eigenvalue weighted by Gasteiger charge is -2.19. The van der Waals surface area contributed by atoms with Crippen LogP contribution in [0.2, 0.25) is 0 Å². The number of anilines is 1. The van der Waals surface area contributed by atoms with Gasteiger partial charge in [-0.05, 0) is 24.3 Å². The molecule has 1 fully saturated rings. The molecule has 2 amide bonds. The van der Waals surface area contributed by atoms with Gasteiger partial charge >= 0.3 is 0 Å². The first-order chi connectivity index (χ1) is 13.0. The second-order valence-corrected chi connectivity index (χ2v) is 7.01. The maximum atomic E-state index is 13.0. The van der Waals surface area contributed by atoms with Gasteiger partial charge < -0.3 is 14.4 Å². The number of amides is 2. The Hall–Kier alpha value is -3.15. The number of benzene rings is 2. The van der Waals surface area contributed by atoms with Crippen LogP contribution in [0.1, 0.15) is 18.2 Å². The molecule has 1 atom stereocenters. The molecule has 0 saturated carbocycles. The van der Waals surface area contributed by atoms with E-state index < -0.39 is 0 Å². The minimum absolute atomic E-state index is 0.00438. The molecule has 6 heteroatoms. The maximum absolute atomic E-state index is 13.0. The Bertz CT molecular complexity index is 996. The van der Waals surface area contributed by atoms with E-state index in [0.29, 0.717) is 13.0 Å². The fourth-order valence-corrected chi connectivity index (χ4v) is 3.65. The van der Waals surface area contributed by atoms with Crippen LogP contribution in [0.4, 0.5) is 5.69 Å². The molecule has 2 aromatic carbocycles. The Kier molecular flexibility index (Phi) is 4.39. The van der Waals surface area contributed by atoms with Gasteiger partial charge in [-0.2, -0.15) is 0 Å². The topological polar surface area (TPSA) is 58.4 Å². The summed E-state index contributed by atoms with van der Waals surface area (Å²) in [6, 6.07) is 17.4. The Labute approximate surface area is 158 Å². The molecule has 1 saturated heterocycles. The summed E-state index contributed by atoms with van der Waals surface area (Å²) in [4.78, 5) is 33.1. The van der Waals surface area contributed by atoms with Crippen LogP contribution < -0.4 is 4.90 Å². The first-order valence-electron chi connectivity index (χ1n) is 9.05. The van der Waals surface area contributed by atoms with Crippen molar-refractivity contribution in [1.82, 2.24) is 14.5 Å². The fourth-order valence-electron chi connectivity index (χ4n) is 3.65. The molecular weight excluding hydrogens is 340 g/mol. The van der Waals surface area contributed by atoms with E-state index in [1.54, 1.807) is 16.8 Å². The summed E-state index contributed by atoms with van der Waals surface area (Å²) in [6.45, 7) is 0.820. The molecule has 0 bridgehead atoms. The molecule has 1 unspecified atom stereocenters. The van der Waals surface area contributed by atoms with Gasteiger partial charge in [-0.1, -0.05) is 30.3 Å². The average Bonchev–Trinajstić information content (AvgIpc) is 3.22. The van der Waals surface area contributed by atoms with Gasteiger partial charge in [-0.15, -0.1) is 0 Å². The molecule has 2 heterocycles. The highest BCUT2D eigenvalue weighted by Crippen LogP contribution is 2.30. The van der Waals surface area contributed by atoms with Crippen molar-refractivity contribution in [3.63, 3.8) is 0 Å². The van der Waals surface area contributed by atoms with Crippen LogP contribution >= 0.6 is 0 Å². The Morgan fingerprint density at radius 1 is 1.15 bits per heavy atom. The van der Waals surface area contributed by atoms with E-state index in [1.165, 1.54) is 0 Å². The molecule has 3 aromatic rings. The zero-order valence-electron chi connectivity index (χ0n) is 15.5. The summed E-state index contributed by atoms with van der Waals surface area (Å²) in [7, 11) is 3.59. The Morgan fingerprint density at radius 2 is 1.85 bits per heavy atom. The summed E-state index contributed by atoms with van der Waals surface area (Å²) in [5, 5.41) is 0. The van der Waals surface area contributed by atoms with E-state index in [0.717, 1.165) is 22.5 Å². The molecule has 1 aromatic heterocycles. The smallest absolute Gasteiger partial charge is 0.246 e. The zero-order valence-corrected chi connectivity index (χ0v) is 15.5. The number of aromatic nitrogens is 2.